The minimum Gasteiger partial charge on any atom is -0.310 e. The summed E-state index contributed by atoms with van der Waals surface area (Å²) in [5, 5.41) is 0. The minimum atomic E-state index is -0.673. The Labute approximate surface area is 370 Å². The van der Waals surface area contributed by atoms with Gasteiger partial charge in [0, 0.05) is 33.9 Å². The fourth-order valence-corrected chi connectivity index (χ4v) is 9.81. The topological polar surface area (TPSA) is 6.48 Å². The Morgan fingerprint density at radius 3 is 1.22 bits per heavy atom. The van der Waals surface area contributed by atoms with Gasteiger partial charge in [0.15, 0.2) is 0 Å². The monoisotopic (exact) mass is 804 g/mol. The molecule has 63 heavy (non-hydrogen) atoms. The standard InChI is InChI=1S/C61H44N2/c1-7-23-45(24-8-1)53-35-20-22-38-59(53)63(51-33-17-6-18-34-51)52-40-42-56-55-36-19-21-37-57(55)61(58(56)44-52,47-27-11-3-12-28-47)48-39-41-54(46-25-9-2-10-26-46)60(43-48)62(49-29-13-4-14-30-49)50-31-15-5-16-32-50/h1-44H. The predicted octanol–water partition coefficient (Wildman–Crippen LogP) is 16.3. The van der Waals surface area contributed by atoms with Crippen molar-refractivity contribution in [2.75, 3.05) is 9.80 Å². The molecule has 0 heterocycles. The van der Waals surface area contributed by atoms with Gasteiger partial charge in [-0.3, -0.25) is 0 Å². The number of benzene rings is 10. The van der Waals surface area contributed by atoms with Crippen LogP contribution in [0.4, 0.5) is 34.1 Å². The molecule has 2 nitrogen and oxygen atoms in total. The number of hydrogen-bond donors (Lipinski definition) is 0. The van der Waals surface area contributed by atoms with Gasteiger partial charge in [-0.05, 0) is 105 Å². The fourth-order valence-electron chi connectivity index (χ4n) is 9.81. The van der Waals surface area contributed by atoms with Crippen molar-refractivity contribution < 1.29 is 0 Å². The highest BCUT2D eigenvalue weighted by molar-refractivity contribution is 5.94. The molecule has 0 radical (unpaired) electrons. The molecule has 0 N–H and O–H groups in total. The maximum Gasteiger partial charge on any atom is 0.0715 e. The SMILES string of the molecule is c1ccc(-c2ccccc2N(c2ccccc2)c2ccc3c(c2)C(c2ccccc2)(c2ccc(-c4ccccc4)c(N(c4ccccc4)c4ccccc4)c2)c2ccccc2-3)cc1. The highest BCUT2D eigenvalue weighted by Gasteiger charge is 2.47. The average molecular weight is 805 g/mol. The number of rotatable bonds is 10. The average Bonchev–Trinajstić information content (AvgIpc) is 3.66. The molecular formula is C61H44N2. The first kappa shape index (κ1) is 37.8. The number of anilines is 6. The zero-order valence-corrected chi connectivity index (χ0v) is 34.8. The van der Waals surface area contributed by atoms with Gasteiger partial charge in [-0.2, -0.15) is 0 Å². The van der Waals surface area contributed by atoms with Crippen LogP contribution in [0.1, 0.15) is 22.3 Å². The molecule has 298 valence electrons. The van der Waals surface area contributed by atoms with Crippen LogP contribution in [0.2, 0.25) is 0 Å². The maximum atomic E-state index is 2.47. The minimum absolute atomic E-state index is 0.673. The molecule has 0 aliphatic heterocycles. The molecule has 0 bridgehead atoms. The van der Waals surface area contributed by atoms with Gasteiger partial charge in [0.2, 0.25) is 0 Å². The third-order valence-corrected chi connectivity index (χ3v) is 12.5. The van der Waals surface area contributed by atoms with E-state index in [-0.39, 0.29) is 0 Å². The smallest absolute Gasteiger partial charge is 0.0715 e. The van der Waals surface area contributed by atoms with Gasteiger partial charge in [-0.15, -0.1) is 0 Å². The Morgan fingerprint density at radius 2 is 0.651 bits per heavy atom. The third kappa shape index (κ3) is 6.61. The molecule has 0 saturated carbocycles. The van der Waals surface area contributed by atoms with Gasteiger partial charge in [-0.1, -0.05) is 206 Å². The lowest BCUT2D eigenvalue weighted by atomic mass is 9.67. The summed E-state index contributed by atoms with van der Waals surface area (Å²) in [5.41, 5.74) is 18.0. The van der Waals surface area contributed by atoms with E-state index < -0.39 is 5.41 Å². The molecule has 1 aliphatic rings. The van der Waals surface area contributed by atoms with Gasteiger partial charge in [0.1, 0.15) is 0 Å². The van der Waals surface area contributed by atoms with Crippen LogP contribution in [-0.4, -0.2) is 0 Å². The zero-order chi connectivity index (χ0) is 42.0. The summed E-state index contributed by atoms with van der Waals surface area (Å²) < 4.78 is 0. The van der Waals surface area contributed by atoms with E-state index in [0.717, 1.165) is 45.3 Å². The first-order chi connectivity index (χ1) is 31.3. The Hall–Kier alpha value is -8.20. The van der Waals surface area contributed by atoms with Gasteiger partial charge in [0.25, 0.3) is 0 Å². The maximum absolute atomic E-state index is 2.47. The van der Waals surface area contributed by atoms with Crippen LogP contribution in [0.5, 0.6) is 0 Å². The van der Waals surface area contributed by atoms with Crippen molar-refractivity contribution in [3.8, 4) is 33.4 Å². The molecule has 1 atom stereocenters. The number of fused-ring (bicyclic) bond motifs is 3. The van der Waals surface area contributed by atoms with Crippen LogP contribution < -0.4 is 9.80 Å². The molecule has 0 amide bonds. The Morgan fingerprint density at radius 1 is 0.238 bits per heavy atom. The second kappa shape index (κ2) is 16.3. The van der Waals surface area contributed by atoms with Crippen LogP contribution in [0, 0.1) is 0 Å². The number of nitrogens with zero attached hydrogens (tertiary/aromatic N) is 2. The van der Waals surface area contributed by atoms with Crippen molar-refractivity contribution in [2.24, 2.45) is 0 Å². The molecule has 0 aromatic heterocycles. The molecule has 2 heteroatoms. The van der Waals surface area contributed by atoms with Crippen molar-refractivity contribution in [3.63, 3.8) is 0 Å². The highest BCUT2D eigenvalue weighted by atomic mass is 15.2. The van der Waals surface area contributed by atoms with E-state index in [1.807, 2.05) is 0 Å². The molecule has 1 unspecified atom stereocenters. The molecule has 10 aromatic carbocycles. The van der Waals surface area contributed by atoms with Crippen molar-refractivity contribution in [1.82, 2.24) is 0 Å². The van der Waals surface area contributed by atoms with Crippen LogP contribution in [0.25, 0.3) is 33.4 Å². The van der Waals surface area contributed by atoms with E-state index in [1.54, 1.807) is 0 Å². The normalized spacial score (nSPS) is 13.8. The quantitative estimate of drug-likeness (QED) is 0.136. The lowest BCUT2D eigenvalue weighted by Gasteiger charge is -2.36. The van der Waals surface area contributed by atoms with E-state index in [4.69, 9.17) is 0 Å². The van der Waals surface area contributed by atoms with Gasteiger partial charge < -0.3 is 9.80 Å². The first-order valence-electron chi connectivity index (χ1n) is 21.7. The van der Waals surface area contributed by atoms with Gasteiger partial charge >= 0.3 is 0 Å². The molecule has 10 aromatic rings. The molecule has 0 saturated heterocycles. The summed E-state index contributed by atoms with van der Waals surface area (Å²) in [7, 11) is 0. The second-order valence-electron chi connectivity index (χ2n) is 16.1. The first-order valence-corrected chi connectivity index (χ1v) is 21.7. The number of para-hydroxylation sites is 4. The fraction of sp³-hybridized carbons (Fsp3) is 0.0164. The van der Waals surface area contributed by atoms with Crippen molar-refractivity contribution >= 4 is 34.1 Å². The van der Waals surface area contributed by atoms with E-state index in [1.165, 1.54) is 44.5 Å². The summed E-state index contributed by atoms with van der Waals surface area (Å²) in [4.78, 5) is 4.85. The molecule has 11 rings (SSSR count). The third-order valence-electron chi connectivity index (χ3n) is 12.5. The zero-order valence-electron chi connectivity index (χ0n) is 34.8. The summed E-state index contributed by atoms with van der Waals surface area (Å²) in [6.07, 6.45) is 0. The predicted molar refractivity (Wildman–Crippen MR) is 264 cm³/mol. The Bertz CT molecular complexity index is 3110. The Kier molecular flexibility index (Phi) is 9.80. The summed E-state index contributed by atoms with van der Waals surface area (Å²) in [6, 6.07) is 97.1. The van der Waals surface area contributed by atoms with E-state index >= 15 is 0 Å². The Balaban J connectivity index is 1.21. The molecule has 0 spiro atoms. The lowest BCUT2D eigenvalue weighted by Crippen LogP contribution is -2.29. The van der Waals surface area contributed by atoms with Crippen molar-refractivity contribution in [1.29, 1.82) is 0 Å². The van der Waals surface area contributed by atoms with Crippen LogP contribution >= 0.6 is 0 Å². The largest absolute Gasteiger partial charge is 0.310 e. The van der Waals surface area contributed by atoms with Crippen molar-refractivity contribution in [3.05, 3.63) is 289 Å². The second-order valence-corrected chi connectivity index (χ2v) is 16.1. The van der Waals surface area contributed by atoms with Gasteiger partial charge in [0.05, 0.1) is 16.8 Å². The molecule has 0 fully saturated rings. The summed E-state index contributed by atoms with van der Waals surface area (Å²) in [5.74, 6) is 0. The van der Waals surface area contributed by atoms with Crippen LogP contribution in [-0.2, 0) is 5.41 Å². The van der Waals surface area contributed by atoms with Crippen LogP contribution in [0.3, 0.4) is 0 Å². The van der Waals surface area contributed by atoms with E-state index in [2.05, 4.69) is 277 Å². The lowest BCUT2D eigenvalue weighted by molar-refractivity contribution is 0.768. The number of hydrogen-bond acceptors (Lipinski definition) is 2. The molecule has 1 aliphatic carbocycles. The van der Waals surface area contributed by atoms with E-state index in [9.17, 15) is 0 Å². The summed E-state index contributed by atoms with van der Waals surface area (Å²) >= 11 is 0. The summed E-state index contributed by atoms with van der Waals surface area (Å²) in [6.45, 7) is 0. The van der Waals surface area contributed by atoms with Gasteiger partial charge in [-0.25, -0.2) is 0 Å². The highest BCUT2D eigenvalue weighted by Crippen LogP contribution is 2.58. The van der Waals surface area contributed by atoms with E-state index in [0.29, 0.717) is 0 Å². The van der Waals surface area contributed by atoms with Crippen LogP contribution in [0.15, 0.2) is 267 Å². The van der Waals surface area contributed by atoms with Crippen molar-refractivity contribution in [2.45, 2.75) is 5.41 Å². The molecular weight excluding hydrogens is 761 g/mol.